The Kier molecular flexibility index (Phi) is 5.21. The summed E-state index contributed by atoms with van der Waals surface area (Å²) in [5.41, 5.74) is 0. The highest BCUT2D eigenvalue weighted by Crippen LogP contribution is 1.99. The summed E-state index contributed by atoms with van der Waals surface area (Å²) in [5.74, 6) is 0.771. The Morgan fingerprint density at radius 1 is 1.56 bits per heavy atom. The number of aromatic nitrogens is 2. The van der Waals surface area contributed by atoms with E-state index in [-0.39, 0.29) is 0 Å². The molecule has 0 amide bonds. The fraction of sp³-hybridized carbons (Fsp3) is 0.600. The number of nitrogens with zero attached hydrogens (tertiary/aromatic N) is 3. The maximum absolute atomic E-state index is 5.14. The molecule has 0 fully saturated rings. The number of rotatable bonds is 5. The van der Waals surface area contributed by atoms with E-state index in [4.69, 9.17) is 12.2 Å². The first-order valence-corrected chi connectivity index (χ1v) is 5.68. The number of hydrogen-bond acceptors (Lipinski definition) is 3. The molecule has 1 heterocycles. The van der Waals surface area contributed by atoms with Crippen molar-refractivity contribution >= 4 is 23.1 Å². The highest BCUT2D eigenvalue weighted by atomic mass is 32.1. The van der Waals surface area contributed by atoms with Gasteiger partial charge in [0.2, 0.25) is 0 Å². The lowest BCUT2D eigenvalue weighted by Gasteiger charge is -2.11. The molecule has 0 aromatic carbocycles. The summed E-state index contributed by atoms with van der Waals surface area (Å²) in [6.07, 6.45) is 2.94. The average Bonchev–Trinajstić information content (AvgIpc) is 2.58. The van der Waals surface area contributed by atoms with Crippen molar-refractivity contribution in [1.82, 2.24) is 20.0 Å². The third kappa shape index (κ3) is 5.09. The molecule has 0 saturated heterocycles. The van der Waals surface area contributed by atoms with Crippen LogP contribution in [0, 0.1) is 0 Å². The van der Waals surface area contributed by atoms with E-state index in [9.17, 15) is 0 Å². The summed E-state index contributed by atoms with van der Waals surface area (Å²) in [5, 5.41) is 11.0. The second-order valence-electron chi connectivity index (χ2n) is 3.91. The molecule has 0 aliphatic rings. The normalized spacial score (nSPS) is 10.5. The van der Waals surface area contributed by atoms with Crippen molar-refractivity contribution < 1.29 is 0 Å². The summed E-state index contributed by atoms with van der Waals surface area (Å²) in [4.78, 5) is 2.15. The molecule has 0 unspecified atom stereocenters. The van der Waals surface area contributed by atoms with Crippen molar-refractivity contribution in [3.8, 4) is 0 Å². The van der Waals surface area contributed by atoms with Gasteiger partial charge in [0, 0.05) is 25.9 Å². The summed E-state index contributed by atoms with van der Waals surface area (Å²) in [6.45, 7) is 1.93. The van der Waals surface area contributed by atoms with E-state index in [0.29, 0.717) is 5.11 Å². The zero-order valence-corrected chi connectivity index (χ0v) is 10.8. The van der Waals surface area contributed by atoms with Crippen LogP contribution in [0.4, 0.5) is 5.82 Å². The van der Waals surface area contributed by atoms with Gasteiger partial charge in [-0.05, 0) is 39.3 Å². The van der Waals surface area contributed by atoms with Crippen molar-refractivity contribution in [2.45, 2.75) is 6.42 Å². The van der Waals surface area contributed by atoms with Crippen LogP contribution in [0.1, 0.15) is 6.42 Å². The second-order valence-corrected chi connectivity index (χ2v) is 4.32. The van der Waals surface area contributed by atoms with Gasteiger partial charge in [0.25, 0.3) is 0 Å². The minimum absolute atomic E-state index is 0.623. The lowest BCUT2D eigenvalue weighted by atomic mass is 10.4. The highest BCUT2D eigenvalue weighted by molar-refractivity contribution is 7.80. The van der Waals surface area contributed by atoms with E-state index < -0.39 is 0 Å². The van der Waals surface area contributed by atoms with Gasteiger partial charge in [0.1, 0.15) is 0 Å². The molecule has 5 nitrogen and oxygen atoms in total. The van der Waals surface area contributed by atoms with Crippen LogP contribution < -0.4 is 10.6 Å². The van der Waals surface area contributed by atoms with Crippen LogP contribution in [-0.4, -0.2) is 47.0 Å². The Balaban J connectivity index is 2.16. The third-order valence-electron chi connectivity index (χ3n) is 2.02. The zero-order chi connectivity index (χ0) is 12.0. The summed E-state index contributed by atoms with van der Waals surface area (Å²) in [7, 11) is 5.99. The third-order valence-corrected chi connectivity index (χ3v) is 2.27. The quantitative estimate of drug-likeness (QED) is 0.586. The first-order chi connectivity index (χ1) is 7.58. The van der Waals surface area contributed by atoms with Gasteiger partial charge >= 0.3 is 0 Å². The van der Waals surface area contributed by atoms with Crippen LogP contribution >= 0.6 is 12.2 Å². The molecule has 0 radical (unpaired) electrons. The predicted molar refractivity (Wildman–Crippen MR) is 70.6 cm³/mol. The molecule has 16 heavy (non-hydrogen) atoms. The van der Waals surface area contributed by atoms with Gasteiger partial charge in [-0.25, -0.2) is 0 Å². The van der Waals surface area contributed by atoms with Gasteiger partial charge in [-0.1, -0.05) is 0 Å². The number of aryl methyl sites for hydroxylation is 1. The van der Waals surface area contributed by atoms with E-state index in [2.05, 4.69) is 34.7 Å². The topological polar surface area (TPSA) is 45.1 Å². The minimum atomic E-state index is 0.623. The van der Waals surface area contributed by atoms with E-state index in [0.717, 1.165) is 25.3 Å². The molecule has 1 aromatic rings. The smallest absolute Gasteiger partial charge is 0.171 e. The van der Waals surface area contributed by atoms with Crippen LogP contribution in [0.2, 0.25) is 0 Å². The van der Waals surface area contributed by atoms with Gasteiger partial charge in [-0.2, -0.15) is 5.10 Å². The van der Waals surface area contributed by atoms with Gasteiger partial charge in [0.05, 0.1) is 0 Å². The molecule has 1 rings (SSSR count). The van der Waals surface area contributed by atoms with Crippen molar-refractivity contribution in [1.29, 1.82) is 0 Å². The largest absolute Gasteiger partial charge is 0.362 e. The monoisotopic (exact) mass is 241 g/mol. The Morgan fingerprint density at radius 2 is 2.31 bits per heavy atom. The van der Waals surface area contributed by atoms with Crippen LogP contribution in [0.5, 0.6) is 0 Å². The molecule has 0 spiro atoms. The Labute approximate surface area is 102 Å². The molecule has 0 aliphatic heterocycles. The van der Waals surface area contributed by atoms with Crippen LogP contribution in [0.25, 0.3) is 0 Å². The first kappa shape index (κ1) is 12.9. The Bertz CT molecular complexity index is 334. The second kappa shape index (κ2) is 6.44. The molecule has 0 saturated carbocycles. The van der Waals surface area contributed by atoms with Crippen molar-refractivity contribution in [2.75, 3.05) is 32.5 Å². The fourth-order valence-corrected chi connectivity index (χ4v) is 1.45. The molecular formula is C10H19N5S. The summed E-state index contributed by atoms with van der Waals surface area (Å²) < 4.78 is 1.73. The van der Waals surface area contributed by atoms with E-state index in [1.807, 2.05) is 19.3 Å². The first-order valence-electron chi connectivity index (χ1n) is 5.27. The van der Waals surface area contributed by atoms with Crippen molar-refractivity contribution in [3.05, 3.63) is 12.3 Å². The van der Waals surface area contributed by atoms with Crippen LogP contribution in [0.3, 0.4) is 0 Å². The fourth-order valence-electron chi connectivity index (χ4n) is 1.24. The Morgan fingerprint density at radius 3 is 2.88 bits per heavy atom. The van der Waals surface area contributed by atoms with Gasteiger partial charge in [-0.15, -0.1) is 0 Å². The molecule has 90 valence electrons. The van der Waals surface area contributed by atoms with Crippen LogP contribution in [0.15, 0.2) is 12.3 Å². The molecule has 1 aromatic heterocycles. The Hall–Kier alpha value is -1.14. The molecule has 0 atom stereocenters. The SMILES string of the molecule is CN(C)CCCNC(=S)Nc1ccn(C)n1. The maximum atomic E-state index is 5.14. The average molecular weight is 241 g/mol. The van der Waals surface area contributed by atoms with E-state index >= 15 is 0 Å². The molecular weight excluding hydrogens is 222 g/mol. The summed E-state index contributed by atoms with van der Waals surface area (Å²) in [6, 6.07) is 1.88. The lowest BCUT2D eigenvalue weighted by molar-refractivity contribution is 0.400. The zero-order valence-electron chi connectivity index (χ0n) is 10.0. The van der Waals surface area contributed by atoms with E-state index in [1.165, 1.54) is 0 Å². The number of anilines is 1. The number of hydrogen-bond donors (Lipinski definition) is 2. The lowest BCUT2D eigenvalue weighted by Crippen LogP contribution is -2.31. The van der Waals surface area contributed by atoms with Gasteiger partial charge in [-0.3, -0.25) is 4.68 Å². The van der Waals surface area contributed by atoms with Gasteiger partial charge in [0.15, 0.2) is 10.9 Å². The van der Waals surface area contributed by atoms with Crippen LogP contribution in [-0.2, 0) is 7.05 Å². The standard InChI is InChI=1S/C10H19N5S/c1-14(2)7-4-6-11-10(16)12-9-5-8-15(3)13-9/h5,8H,4,6-7H2,1-3H3,(H2,11,12,13,16). The number of thiocarbonyl (C=S) groups is 1. The highest BCUT2D eigenvalue weighted by Gasteiger charge is 1.99. The molecule has 0 aliphatic carbocycles. The molecule has 6 heteroatoms. The maximum Gasteiger partial charge on any atom is 0.171 e. The predicted octanol–water partition coefficient (Wildman–Crippen LogP) is 0.658. The molecule has 2 N–H and O–H groups in total. The van der Waals surface area contributed by atoms with E-state index in [1.54, 1.807) is 4.68 Å². The van der Waals surface area contributed by atoms with Gasteiger partial charge < -0.3 is 15.5 Å². The molecule has 0 bridgehead atoms. The summed E-state index contributed by atoms with van der Waals surface area (Å²) >= 11 is 5.14. The minimum Gasteiger partial charge on any atom is -0.362 e. The number of nitrogens with one attached hydrogen (secondary N) is 2. The van der Waals surface area contributed by atoms with Crippen molar-refractivity contribution in [2.24, 2.45) is 7.05 Å². The van der Waals surface area contributed by atoms with Crippen molar-refractivity contribution in [3.63, 3.8) is 0 Å².